The first-order chi connectivity index (χ1) is 14.9. The van der Waals surface area contributed by atoms with Crippen molar-refractivity contribution in [3.05, 3.63) is 51.3 Å². The number of imidazole rings is 1. The Balaban J connectivity index is 1.43. The number of hydrogen-bond donors (Lipinski definition) is 0. The van der Waals surface area contributed by atoms with Crippen LogP contribution in [-0.2, 0) is 11.8 Å². The molecular weight excluding hydrogens is 418 g/mol. The van der Waals surface area contributed by atoms with Crippen LogP contribution in [0.3, 0.4) is 0 Å². The number of anilines is 2. The molecule has 0 radical (unpaired) electrons. The first kappa shape index (κ1) is 20.9. The van der Waals surface area contributed by atoms with Crippen molar-refractivity contribution < 1.29 is 9.72 Å². The van der Waals surface area contributed by atoms with E-state index in [1.54, 1.807) is 11.6 Å². The highest BCUT2D eigenvalue weighted by Crippen LogP contribution is 2.46. The van der Waals surface area contributed by atoms with E-state index in [1.807, 2.05) is 46.0 Å². The molecule has 3 heterocycles. The Kier molecular flexibility index (Phi) is 5.67. The lowest BCUT2D eigenvalue weighted by Crippen LogP contribution is -2.48. The topological polar surface area (TPSA) is 112 Å². The molecule has 0 N–H and O–H groups in total. The normalized spacial score (nSPS) is 18.0. The van der Waals surface area contributed by atoms with Crippen molar-refractivity contribution in [3.63, 3.8) is 0 Å². The molecule has 2 aliphatic heterocycles. The van der Waals surface area contributed by atoms with Crippen molar-refractivity contribution in [1.29, 1.82) is 5.26 Å². The monoisotopic (exact) mass is 439 g/mol. The average Bonchev–Trinajstić information content (AvgIpc) is 3.30. The minimum Gasteiger partial charge on any atom is -0.358 e. The maximum Gasteiger partial charge on any atom is 0.406 e. The molecule has 1 aromatic heterocycles. The summed E-state index contributed by atoms with van der Waals surface area (Å²) in [5.74, 6) is 0.0894. The van der Waals surface area contributed by atoms with Crippen LogP contribution in [0.15, 0.2) is 46.1 Å². The van der Waals surface area contributed by atoms with Crippen LogP contribution in [0.1, 0.15) is 0 Å². The zero-order valence-corrected chi connectivity index (χ0v) is 18.0. The second-order valence-electron chi connectivity index (χ2n) is 7.37. The molecule has 1 aromatic carbocycles. The fourth-order valence-corrected chi connectivity index (χ4v) is 5.02. The van der Waals surface area contributed by atoms with Crippen molar-refractivity contribution in [1.82, 2.24) is 14.5 Å². The second kappa shape index (κ2) is 8.41. The van der Waals surface area contributed by atoms with E-state index in [9.17, 15) is 20.2 Å². The van der Waals surface area contributed by atoms with Gasteiger partial charge in [0.25, 0.3) is 0 Å². The van der Waals surface area contributed by atoms with Gasteiger partial charge in [0.2, 0.25) is 12.1 Å². The Morgan fingerprint density at radius 3 is 2.61 bits per heavy atom. The van der Waals surface area contributed by atoms with Crippen LogP contribution in [-0.4, -0.2) is 64.9 Å². The van der Waals surface area contributed by atoms with Gasteiger partial charge in [0, 0.05) is 45.2 Å². The van der Waals surface area contributed by atoms with Gasteiger partial charge in [-0.25, -0.2) is 0 Å². The molecule has 0 atom stereocenters. The van der Waals surface area contributed by atoms with E-state index in [4.69, 9.17) is 0 Å². The number of nitro groups is 1. The summed E-state index contributed by atoms with van der Waals surface area (Å²) in [5.41, 5.74) is 1.14. The smallest absolute Gasteiger partial charge is 0.358 e. The van der Waals surface area contributed by atoms with E-state index in [-0.39, 0.29) is 23.7 Å². The Labute approximate surface area is 183 Å². The van der Waals surface area contributed by atoms with Gasteiger partial charge in [-0.15, -0.1) is 0 Å². The van der Waals surface area contributed by atoms with Gasteiger partial charge in [-0.3, -0.25) is 14.3 Å². The quantitative estimate of drug-likeness (QED) is 0.299. The number of carbonyl (C=O) groups excluding carboxylic acids is 1. The Morgan fingerprint density at radius 2 is 1.97 bits per heavy atom. The lowest BCUT2D eigenvalue weighted by molar-refractivity contribution is -0.388. The summed E-state index contributed by atoms with van der Waals surface area (Å²) >= 11 is 1.43. The van der Waals surface area contributed by atoms with E-state index in [0.717, 1.165) is 10.6 Å². The SMILES string of the molecule is CN1/C(=C(\C#N)C(=O)CN2CCN(c3c([N+](=O)[O-])ncn3C)CC2)Sc2ccccc21. The number of Topliss-reactive ketones (excluding diaryl/α,β-unsaturated/α-hetero) is 1. The third kappa shape index (κ3) is 3.87. The van der Waals surface area contributed by atoms with Crippen LogP contribution < -0.4 is 9.80 Å². The number of nitriles is 1. The molecule has 0 aliphatic carbocycles. The van der Waals surface area contributed by atoms with Gasteiger partial charge < -0.3 is 19.9 Å². The molecule has 0 amide bonds. The van der Waals surface area contributed by atoms with Crippen LogP contribution in [0.25, 0.3) is 0 Å². The highest BCUT2D eigenvalue weighted by atomic mass is 32.2. The van der Waals surface area contributed by atoms with E-state index in [2.05, 4.69) is 11.1 Å². The standard InChI is InChI=1S/C20H21N7O3S/c1-23-13-22-18(27(29)30)19(23)26-9-7-25(8-10-26)12-16(28)14(11-21)20-24(2)15-5-3-4-6-17(15)31-20/h3-6,13H,7-10,12H2,1-2H3/b20-14-. The molecule has 2 aromatic rings. The van der Waals surface area contributed by atoms with Gasteiger partial charge in [0.15, 0.2) is 5.78 Å². The van der Waals surface area contributed by atoms with Crippen molar-refractivity contribution in [3.8, 4) is 6.07 Å². The second-order valence-corrected chi connectivity index (χ2v) is 8.40. The highest BCUT2D eigenvalue weighted by molar-refractivity contribution is 8.03. The number of piperazine rings is 1. The molecule has 31 heavy (non-hydrogen) atoms. The summed E-state index contributed by atoms with van der Waals surface area (Å²) in [6.45, 7) is 2.33. The van der Waals surface area contributed by atoms with E-state index < -0.39 is 4.92 Å². The third-order valence-corrected chi connectivity index (χ3v) is 6.68. The van der Waals surface area contributed by atoms with Crippen LogP contribution in [0.4, 0.5) is 17.3 Å². The Morgan fingerprint density at radius 1 is 1.26 bits per heavy atom. The molecule has 0 saturated carbocycles. The number of thioether (sulfide) groups is 1. The van der Waals surface area contributed by atoms with E-state index in [0.29, 0.717) is 37.0 Å². The van der Waals surface area contributed by atoms with E-state index >= 15 is 0 Å². The Bertz CT molecular complexity index is 1110. The first-order valence-electron chi connectivity index (χ1n) is 9.72. The number of aromatic nitrogens is 2. The predicted molar refractivity (Wildman–Crippen MR) is 117 cm³/mol. The minimum atomic E-state index is -0.482. The van der Waals surface area contributed by atoms with Crippen molar-refractivity contribution >= 4 is 34.9 Å². The first-order valence-corrected chi connectivity index (χ1v) is 10.5. The van der Waals surface area contributed by atoms with Gasteiger partial charge in [-0.2, -0.15) is 5.26 Å². The molecule has 0 unspecified atom stereocenters. The van der Waals surface area contributed by atoms with Crippen LogP contribution in [0, 0.1) is 21.4 Å². The fraction of sp³-hybridized carbons (Fsp3) is 0.350. The molecule has 1 saturated heterocycles. The number of rotatable bonds is 5. The lowest BCUT2D eigenvalue weighted by atomic mass is 10.1. The number of aryl methyl sites for hydroxylation is 1. The summed E-state index contributed by atoms with van der Waals surface area (Å²) in [4.78, 5) is 34.4. The van der Waals surface area contributed by atoms with Crippen molar-refractivity contribution in [2.24, 2.45) is 7.05 Å². The van der Waals surface area contributed by atoms with Gasteiger partial charge in [0.1, 0.15) is 16.7 Å². The number of benzene rings is 1. The molecule has 1 fully saturated rings. The zero-order chi connectivity index (χ0) is 22.1. The molecule has 2 aliphatic rings. The molecule has 11 heteroatoms. The number of carbonyl (C=O) groups is 1. The van der Waals surface area contributed by atoms with Gasteiger partial charge in [-0.05, 0) is 22.0 Å². The zero-order valence-electron chi connectivity index (χ0n) is 17.2. The number of nitrogens with zero attached hydrogens (tertiary/aromatic N) is 7. The van der Waals surface area contributed by atoms with Gasteiger partial charge >= 0.3 is 5.82 Å². The molecular formula is C20H21N7O3S. The third-order valence-electron chi connectivity index (χ3n) is 5.44. The molecule has 0 spiro atoms. The molecule has 160 valence electrons. The van der Waals surface area contributed by atoms with Gasteiger partial charge in [0.05, 0.1) is 12.2 Å². The van der Waals surface area contributed by atoms with Crippen LogP contribution >= 0.6 is 11.8 Å². The van der Waals surface area contributed by atoms with Crippen molar-refractivity contribution in [2.45, 2.75) is 4.90 Å². The maximum atomic E-state index is 13.0. The fourth-order valence-electron chi connectivity index (χ4n) is 3.86. The number of fused-ring (bicyclic) bond motifs is 1. The highest BCUT2D eigenvalue weighted by Gasteiger charge is 2.31. The summed E-state index contributed by atoms with van der Waals surface area (Å²) in [7, 11) is 3.59. The maximum absolute atomic E-state index is 13.0. The molecule has 4 rings (SSSR count). The van der Waals surface area contributed by atoms with E-state index in [1.165, 1.54) is 18.1 Å². The Hall–Kier alpha value is -3.36. The lowest BCUT2D eigenvalue weighted by Gasteiger charge is -2.34. The summed E-state index contributed by atoms with van der Waals surface area (Å²) < 4.78 is 1.64. The van der Waals surface area contributed by atoms with Crippen LogP contribution in [0.2, 0.25) is 0 Å². The predicted octanol–water partition coefficient (Wildman–Crippen LogP) is 2.00. The summed E-state index contributed by atoms with van der Waals surface area (Å²) in [6.07, 6.45) is 1.43. The van der Waals surface area contributed by atoms with Crippen LogP contribution in [0.5, 0.6) is 0 Å². The summed E-state index contributed by atoms with van der Waals surface area (Å²) in [6, 6.07) is 9.90. The average molecular weight is 440 g/mol. The number of ketones is 1. The minimum absolute atomic E-state index is 0.137. The number of para-hydroxylation sites is 1. The molecule has 0 bridgehead atoms. The number of hydrogen-bond acceptors (Lipinski definition) is 9. The van der Waals surface area contributed by atoms with Gasteiger partial charge in [-0.1, -0.05) is 23.9 Å². The molecule has 10 nitrogen and oxygen atoms in total. The largest absolute Gasteiger partial charge is 0.406 e. The summed E-state index contributed by atoms with van der Waals surface area (Å²) in [5, 5.41) is 21.6. The van der Waals surface area contributed by atoms with Crippen molar-refractivity contribution in [2.75, 3.05) is 49.6 Å².